The van der Waals surface area contributed by atoms with Crippen molar-refractivity contribution in [2.75, 3.05) is 11.9 Å². The van der Waals surface area contributed by atoms with Crippen molar-refractivity contribution in [1.29, 1.82) is 0 Å². The van der Waals surface area contributed by atoms with Gasteiger partial charge in [0.2, 0.25) is 11.8 Å². The molecule has 5 heterocycles. The lowest BCUT2D eigenvalue weighted by atomic mass is 9.93. The predicted molar refractivity (Wildman–Crippen MR) is 201 cm³/mol. The number of rotatable bonds is 9. The average molecular weight is 698 g/mol. The molecule has 1 fully saturated rings. The molecule has 0 aliphatic carbocycles. The highest BCUT2D eigenvalue weighted by Gasteiger charge is 2.27. The van der Waals surface area contributed by atoms with Crippen LogP contribution in [0.1, 0.15) is 54.4 Å². The SMILES string of the molecule is CC(C)c1cc(-c2cccc3cc(-c4ccc(C(=O)NC/C=C/c5cc(NC6CCC(=O)NC6=O)nn5C)nc4)ncc23)cc2c1n(C)c(=O)n2C. The number of pyridine rings is 2. The van der Waals surface area contributed by atoms with E-state index in [1.165, 1.54) is 0 Å². The number of amides is 3. The average Bonchev–Trinajstić information content (AvgIpc) is 3.60. The molecule has 1 aliphatic rings. The van der Waals surface area contributed by atoms with Crippen LogP contribution in [0, 0.1) is 0 Å². The maximum absolute atomic E-state index is 12.9. The second kappa shape index (κ2) is 13.7. The molecule has 1 saturated heterocycles. The summed E-state index contributed by atoms with van der Waals surface area (Å²) in [6, 6.07) is 17.2. The van der Waals surface area contributed by atoms with Crippen molar-refractivity contribution >= 4 is 51.4 Å². The Bertz CT molecular complexity index is 2470. The summed E-state index contributed by atoms with van der Waals surface area (Å²) in [6.45, 7) is 4.55. The summed E-state index contributed by atoms with van der Waals surface area (Å²) in [7, 11) is 5.41. The van der Waals surface area contributed by atoms with Crippen molar-refractivity contribution in [3.05, 3.63) is 101 Å². The molecule has 0 bridgehead atoms. The summed E-state index contributed by atoms with van der Waals surface area (Å²) in [5, 5.41) is 14.6. The van der Waals surface area contributed by atoms with Gasteiger partial charge in [-0.25, -0.2) is 4.79 Å². The fraction of sp³-hybridized carbons (Fsp3) is 0.256. The number of nitrogens with one attached hydrogen (secondary N) is 3. The van der Waals surface area contributed by atoms with Gasteiger partial charge in [0.1, 0.15) is 17.6 Å². The molecule has 6 aromatic rings. The number of imide groups is 1. The van der Waals surface area contributed by atoms with Gasteiger partial charge in [-0.15, -0.1) is 0 Å². The third-order valence-electron chi connectivity index (χ3n) is 9.53. The van der Waals surface area contributed by atoms with Crippen LogP contribution in [-0.2, 0) is 30.7 Å². The summed E-state index contributed by atoms with van der Waals surface area (Å²) in [6.07, 6.45) is 7.82. The molecule has 13 heteroatoms. The second-order valence-corrected chi connectivity index (χ2v) is 13.4. The van der Waals surface area contributed by atoms with Crippen molar-refractivity contribution in [3.63, 3.8) is 0 Å². The fourth-order valence-corrected chi connectivity index (χ4v) is 6.68. The zero-order valence-electron chi connectivity index (χ0n) is 29.6. The third-order valence-corrected chi connectivity index (χ3v) is 9.53. The Morgan fingerprint density at radius 2 is 1.81 bits per heavy atom. The number of carbonyl (C=O) groups is 3. The van der Waals surface area contributed by atoms with Crippen LogP contribution in [-0.4, -0.2) is 59.2 Å². The minimum absolute atomic E-state index is 0.0500. The first-order valence-electron chi connectivity index (χ1n) is 17.1. The number of benzene rings is 2. The zero-order chi connectivity index (χ0) is 36.7. The standard InChI is InChI=1S/C39H39N9O4/c1-22(2)28-16-25(18-33-36(28)47(4)39(52)46(33)3)27-10-6-8-23-17-32(42-21-29(23)27)24-11-12-30(41-20-24)37(50)40-15-7-9-26-19-34(45-48(26)5)43-31-13-14-35(49)44-38(31)51/h6-12,16-22,31H,13-15H2,1-5H3,(H,40,50)(H,43,45)(H,44,49,51)/b9-7+. The van der Waals surface area contributed by atoms with Crippen LogP contribution >= 0.6 is 0 Å². The number of hydrogen-bond donors (Lipinski definition) is 3. The number of nitrogens with zero attached hydrogens (tertiary/aromatic N) is 6. The molecule has 264 valence electrons. The molecular formula is C39H39N9O4. The first kappa shape index (κ1) is 34.1. The van der Waals surface area contributed by atoms with Crippen molar-refractivity contribution in [2.45, 2.75) is 38.6 Å². The lowest BCUT2D eigenvalue weighted by molar-refractivity contribution is -0.133. The Hall–Kier alpha value is -6.37. The number of imidazole rings is 1. The lowest BCUT2D eigenvalue weighted by Gasteiger charge is -2.21. The van der Waals surface area contributed by atoms with Gasteiger partial charge in [0.25, 0.3) is 5.91 Å². The van der Waals surface area contributed by atoms with E-state index >= 15 is 0 Å². The summed E-state index contributed by atoms with van der Waals surface area (Å²) >= 11 is 0. The zero-order valence-corrected chi connectivity index (χ0v) is 29.6. The van der Waals surface area contributed by atoms with Gasteiger partial charge in [-0.05, 0) is 70.8 Å². The number of carbonyl (C=O) groups excluding carboxylic acids is 3. The Morgan fingerprint density at radius 3 is 2.56 bits per heavy atom. The summed E-state index contributed by atoms with van der Waals surface area (Å²) in [5.41, 5.74) is 7.53. The van der Waals surface area contributed by atoms with E-state index in [1.54, 1.807) is 45.3 Å². The molecule has 0 spiro atoms. The Morgan fingerprint density at radius 1 is 0.981 bits per heavy atom. The molecule has 1 unspecified atom stereocenters. The molecule has 4 aromatic heterocycles. The molecular weight excluding hydrogens is 658 g/mol. The molecule has 13 nitrogen and oxygen atoms in total. The highest BCUT2D eigenvalue weighted by molar-refractivity contribution is 6.02. The van der Waals surface area contributed by atoms with E-state index in [9.17, 15) is 19.2 Å². The summed E-state index contributed by atoms with van der Waals surface area (Å²) in [4.78, 5) is 58.3. The van der Waals surface area contributed by atoms with E-state index in [0.29, 0.717) is 12.2 Å². The first-order valence-corrected chi connectivity index (χ1v) is 17.1. The number of fused-ring (bicyclic) bond motifs is 2. The van der Waals surface area contributed by atoms with Gasteiger partial charge in [0.15, 0.2) is 0 Å². The molecule has 3 N–H and O–H groups in total. The Kier molecular flexibility index (Phi) is 9.01. The monoisotopic (exact) mass is 697 g/mol. The summed E-state index contributed by atoms with van der Waals surface area (Å²) < 4.78 is 5.08. The van der Waals surface area contributed by atoms with Gasteiger partial charge < -0.3 is 10.6 Å². The Balaban J connectivity index is 1.03. The largest absolute Gasteiger partial charge is 0.357 e. The van der Waals surface area contributed by atoms with Crippen molar-refractivity contribution in [3.8, 4) is 22.4 Å². The number of hydrogen-bond acceptors (Lipinski definition) is 8. The molecule has 3 amide bonds. The highest BCUT2D eigenvalue weighted by Crippen LogP contribution is 2.35. The van der Waals surface area contributed by atoms with Gasteiger partial charge in [0, 0.05) is 63.5 Å². The van der Waals surface area contributed by atoms with Crippen LogP contribution in [0.2, 0.25) is 0 Å². The lowest BCUT2D eigenvalue weighted by Crippen LogP contribution is -2.47. The van der Waals surface area contributed by atoms with Crippen LogP contribution < -0.4 is 21.6 Å². The van der Waals surface area contributed by atoms with Crippen LogP contribution in [0.15, 0.2) is 77.9 Å². The van der Waals surface area contributed by atoms with Gasteiger partial charge in [-0.3, -0.25) is 43.5 Å². The van der Waals surface area contributed by atoms with E-state index in [0.717, 1.165) is 55.4 Å². The number of aromatic nitrogens is 6. The fourth-order valence-electron chi connectivity index (χ4n) is 6.68. The topological polar surface area (TPSA) is 158 Å². The second-order valence-electron chi connectivity index (χ2n) is 13.4. The Labute approximate surface area is 299 Å². The number of anilines is 1. The van der Waals surface area contributed by atoms with Crippen molar-refractivity contribution < 1.29 is 14.4 Å². The van der Waals surface area contributed by atoms with Gasteiger partial charge in [-0.1, -0.05) is 38.1 Å². The minimum Gasteiger partial charge on any atom is -0.357 e. The van der Waals surface area contributed by atoms with Crippen LogP contribution in [0.25, 0.3) is 50.3 Å². The maximum atomic E-state index is 12.9. The quantitative estimate of drug-likeness (QED) is 0.184. The van der Waals surface area contributed by atoms with Crippen molar-refractivity contribution in [1.82, 2.24) is 39.5 Å². The van der Waals surface area contributed by atoms with Gasteiger partial charge in [-0.2, -0.15) is 5.10 Å². The predicted octanol–water partition coefficient (Wildman–Crippen LogP) is 4.67. The van der Waals surface area contributed by atoms with Crippen LogP contribution in [0.5, 0.6) is 0 Å². The third kappa shape index (κ3) is 6.48. The molecule has 0 saturated carbocycles. The highest BCUT2D eigenvalue weighted by atomic mass is 16.2. The first-order chi connectivity index (χ1) is 25.0. The molecule has 52 heavy (non-hydrogen) atoms. The molecule has 1 aliphatic heterocycles. The minimum atomic E-state index is -0.522. The number of piperidine rings is 1. The number of aryl methyl sites for hydroxylation is 3. The molecule has 1 atom stereocenters. The molecule has 2 aromatic carbocycles. The van der Waals surface area contributed by atoms with E-state index < -0.39 is 6.04 Å². The van der Waals surface area contributed by atoms with Gasteiger partial charge in [0.05, 0.1) is 22.4 Å². The maximum Gasteiger partial charge on any atom is 0.328 e. The molecule has 0 radical (unpaired) electrons. The smallest absolute Gasteiger partial charge is 0.328 e. The van der Waals surface area contributed by atoms with E-state index in [-0.39, 0.29) is 48.0 Å². The van der Waals surface area contributed by atoms with E-state index in [4.69, 9.17) is 4.98 Å². The van der Waals surface area contributed by atoms with Crippen molar-refractivity contribution in [2.24, 2.45) is 21.1 Å². The van der Waals surface area contributed by atoms with Crippen LogP contribution in [0.3, 0.4) is 0 Å². The van der Waals surface area contributed by atoms with E-state index in [1.807, 2.05) is 50.6 Å². The van der Waals surface area contributed by atoms with Gasteiger partial charge >= 0.3 is 5.69 Å². The van der Waals surface area contributed by atoms with Crippen LogP contribution in [0.4, 0.5) is 5.82 Å². The molecule has 7 rings (SSSR count). The summed E-state index contributed by atoms with van der Waals surface area (Å²) in [5.74, 6) is -0.202. The normalized spacial score (nSPS) is 14.8. The van der Waals surface area contributed by atoms with E-state index in [2.05, 4.69) is 58.1 Å².